The molecule has 6 heteroatoms. The number of hydrogen-bond acceptors (Lipinski definition) is 5. The van der Waals surface area contributed by atoms with E-state index in [0.29, 0.717) is 11.6 Å². The molecule has 1 aromatic rings. The second-order valence-electron chi connectivity index (χ2n) is 4.33. The maximum Gasteiger partial charge on any atom is 0.253 e. The monoisotopic (exact) mass is 237 g/mol. The first-order valence-corrected chi connectivity index (χ1v) is 5.98. The molecule has 0 radical (unpaired) electrons. The van der Waals surface area contributed by atoms with Crippen molar-refractivity contribution in [2.24, 2.45) is 0 Å². The van der Waals surface area contributed by atoms with Gasteiger partial charge in [-0.15, -0.1) is 0 Å². The Morgan fingerprint density at radius 2 is 2.12 bits per heavy atom. The summed E-state index contributed by atoms with van der Waals surface area (Å²) in [5, 5.41) is 2.10. The fourth-order valence-electron chi connectivity index (χ4n) is 1.81. The summed E-state index contributed by atoms with van der Waals surface area (Å²) in [4.78, 5) is 20.7. The van der Waals surface area contributed by atoms with E-state index in [9.17, 15) is 4.79 Å². The zero-order chi connectivity index (χ0) is 12.3. The van der Waals surface area contributed by atoms with Gasteiger partial charge in [0.1, 0.15) is 11.6 Å². The average molecular weight is 237 g/mol. The molecular formula is C11H19N5O. The molecule has 1 saturated heterocycles. The topological polar surface area (TPSA) is 64.3 Å². The molecule has 1 aliphatic heterocycles. The first-order valence-electron chi connectivity index (χ1n) is 5.98. The summed E-state index contributed by atoms with van der Waals surface area (Å²) < 4.78 is 0. The maximum atomic E-state index is 11.4. The number of piperazine rings is 1. The quantitative estimate of drug-likeness (QED) is 0.769. The van der Waals surface area contributed by atoms with Gasteiger partial charge < -0.3 is 15.3 Å². The Morgan fingerprint density at radius 1 is 1.41 bits per heavy atom. The van der Waals surface area contributed by atoms with Gasteiger partial charge in [-0.05, 0) is 7.05 Å². The van der Waals surface area contributed by atoms with Crippen molar-refractivity contribution in [1.29, 1.82) is 0 Å². The van der Waals surface area contributed by atoms with Gasteiger partial charge >= 0.3 is 0 Å². The molecule has 1 fully saturated rings. The molecule has 2 rings (SSSR count). The highest BCUT2D eigenvalue weighted by Crippen LogP contribution is 2.04. The number of nitrogens with one attached hydrogen (secondary N) is 2. The van der Waals surface area contributed by atoms with E-state index in [0.717, 1.165) is 32.6 Å². The average Bonchev–Trinajstić information content (AvgIpc) is 2.31. The minimum absolute atomic E-state index is 0.103. The Labute approximate surface area is 101 Å². The van der Waals surface area contributed by atoms with Crippen LogP contribution < -0.4 is 11.0 Å². The van der Waals surface area contributed by atoms with Gasteiger partial charge in [-0.25, -0.2) is 9.99 Å². The standard InChI is InChI=1S/C11H19N5O/c1-3-9-12-10(8-11(17)13-9)14-16-6-4-15(2)5-7-16/h8H,3-7H2,1-2H3,(H2,12,13,14,17). The van der Waals surface area contributed by atoms with Crippen LogP contribution in [-0.2, 0) is 6.42 Å². The lowest BCUT2D eigenvalue weighted by atomic mass is 10.4. The molecule has 17 heavy (non-hydrogen) atoms. The van der Waals surface area contributed by atoms with Gasteiger partial charge in [0.05, 0.1) is 0 Å². The number of aryl methyl sites for hydroxylation is 1. The lowest BCUT2D eigenvalue weighted by Crippen LogP contribution is -2.47. The fourth-order valence-corrected chi connectivity index (χ4v) is 1.81. The first-order chi connectivity index (χ1) is 8.17. The minimum Gasteiger partial charge on any atom is -0.310 e. The van der Waals surface area contributed by atoms with E-state index in [4.69, 9.17) is 0 Å². The van der Waals surface area contributed by atoms with Gasteiger partial charge in [0.2, 0.25) is 0 Å². The predicted molar refractivity (Wildman–Crippen MR) is 66.9 cm³/mol. The largest absolute Gasteiger partial charge is 0.310 e. The van der Waals surface area contributed by atoms with Gasteiger partial charge in [0.25, 0.3) is 5.56 Å². The van der Waals surface area contributed by atoms with Crippen molar-refractivity contribution >= 4 is 5.82 Å². The van der Waals surface area contributed by atoms with Crippen molar-refractivity contribution in [2.45, 2.75) is 13.3 Å². The highest BCUT2D eigenvalue weighted by Gasteiger charge is 2.14. The van der Waals surface area contributed by atoms with E-state index >= 15 is 0 Å². The summed E-state index contributed by atoms with van der Waals surface area (Å²) in [6.07, 6.45) is 0.730. The van der Waals surface area contributed by atoms with Crippen LogP contribution in [0.5, 0.6) is 0 Å². The smallest absolute Gasteiger partial charge is 0.253 e. The SMILES string of the molecule is CCc1nc(NN2CCN(C)CC2)cc(=O)[nH]1. The Kier molecular flexibility index (Phi) is 3.75. The zero-order valence-corrected chi connectivity index (χ0v) is 10.4. The predicted octanol–water partition coefficient (Wildman–Crippen LogP) is -0.0934. The molecule has 1 aliphatic rings. The van der Waals surface area contributed by atoms with E-state index < -0.39 is 0 Å². The van der Waals surface area contributed by atoms with E-state index in [1.54, 1.807) is 0 Å². The number of aromatic amines is 1. The van der Waals surface area contributed by atoms with Crippen LogP contribution in [0, 0.1) is 0 Å². The summed E-state index contributed by atoms with van der Waals surface area (Å²) >= 11 is 0. The van der Waals surface area contributed by atoms with E-state index in [1.165, 1.54) is 6.07 Å². The molecule has 2 heterocycles. The molecule has 0 unspecified atom stereocenters. The van der Waals surface area contributed by atoms with E-state index in [1.807, 2.05) is 6.92 Å². The van der Waals surface area contributed by atoms with Crippen LogP contribution in [0.4, 0.5) is 5.82 Å². The Morgan fingerprint density at radius 3 is 2.76 bits per heavy atom. The van der Waals surface area contributed by atoms with Crippen LogP contribution in [0.25, 0.3) is 0 Å². The lowest BCUT2D eigenvalue weighted by Gasteiger charge is -2.32. The van der Waals surface area contributed by atoms with Crippen LogP contribution in [0.2, 0.25) is 0 Å². The molecule has 0 amide bonds. The van der Waals surface area contributed by atoms with Crippen LogP contribution in [0.15, 0.2) is 10.9 Å². The number of anilines is 1. The molecule has 0 aromatic carbocycles. The summed E-state index contributed by atoms with van der Waals surface area (Å²) in [6.45, 7) is 5.89. The van der Waals surface area contributed by atoms with Crippen molar-refractivity contribution in [3.63, 3.8) is 0 Å². The van der Waals surface area contributed by atoms with Gasteiger partial charge in [0, 0.05) is 38.7 Å². The number of aromatic nitrogens is 2. The Hall–Kier alpha value is -1.40. The number of nitrogens with zero attached hydrogens (tertiary/aromatic N) is 3. The number of H-pyrrole nitrogens is 1. The molecule has 94 valence electrons. The molecule has 0 bridgehead atoms. The summed E-state index contributed by atoms with van der Waals surface area (Å²) in [5.74, 6) is 1.35. The normalized spacial score (nSPS) is 18.2. The van der Waals surface area contributed by atoms with Crippen molar-refractivity contribution in [3.05, 3.63) is 22.2 Å². The maximum absolute atomic E-state index is 11.4. The van der Waals surface area contributed by atoms with Crippen molar-refractivity contribution in [2.75, 3.05) is 38.7 Å². The van der Waals surface area contributed by atoms with Crippen LogP contribution in [0.1, 0.15) is 12.7 Å². The van der Waals surface area contributed by atoms with Gasteiger partial charge in [-0.1, -0.05) is 6.92 Å². The van der Waals surface area contributed by atoms with E-state index in [-0.39, 0.29) is 5.56 Å². The highest BCUT2D eigenvalue weighted by molar-refractivity contribution is 5.31. The molecule has 1 aromatic heterocycles. The molecule has 0 aliphatic carbocycles. The fraction of sp³-hybridized carbons (Fsp3) is 0.636. The Bertz CT molecular complexity index is 422. The summed E-state index contributed by atoms with van der Waals surface area (Å²) in [6, 6.07) is 1.50. The molecule has 2 N–H and O–H groups in total. The minimum atomic E-state index is -0.103. The third kappa shape index (κ3) is 3.28. The van der Waals surface area contributed by atoms with Crippen LogP contribution in [0.3, 0.4) is 0 Å². The molecule has 0 saturated carbocycles. The lowest BCUT2D eigenvalue weighted by molar-refractivity contribution is 0.178. The van der Waals surface area contributed by atoms with Crippen LogP contribution >= 0.6 is 0 Å². The zero-order valence-electron chi connectivity index (χ0n) is 10.4. The number of hydrazine groups is 1. The molecule has 0 atom stereocenters. The second kappa shape index (κ2) is 5.29. The number of likely N-dealkylation sites (N-methyl/N-ethyl adjacent to an activating group) is 1. The van der Waals surface area contributed by atoms with Crippen LogP contribution in [-0.4, -0.2) is 53.1 Å². The number of rotatable bonds is 3. The molecular weight excluding hydrogens is 218 g/mol. The van der Waals surface area contributed by atoms with Gasteiger partial charge in [-0.2, -0.15) is 0 Å². The number of hydrogen-bond donors (Lipinski definition) is 2. The third-order valence-corrected chi connectivity index (χ3v) is 2.90. The van der Waals surface area contributed by atoms with Crippen molar-refractivity contribution < 1.29 is 0 Å². The molecule has 6 nitrogen and oxygen atoms in total. The highest BCUT2D eigenvalue weighted by atomic mass is 16.1. The van der Waals surface area contributed by atoms with Crippen molar-refractivity contribution in [3.8, 4) is 0 Å². The third-order valence-electron chi connectivity index (χ3n) is 2.90. The Balaban J connectivity index is 2.03. The summed E-state index contributed by atoms with van der Waals surface area (Å²) in [7, 11) is 2.11. The van der Waals surface area contributed by atoms with E-state index in [2.05, 4.69) is 32.4 Å². The molecule has 0 spiro atoms. The van der Waals surface area contributed by atoms with Gasteiger partial charge in [-0.3, -0.25) is 4.79 Å². The summed E-state index contributed by atoms with van der Waals surface area (Å²) in [5.41, 5.74) is 3.09. The van der Waals surface area contributed by atoms with Gasteiger partial charge in [0.15, 0.2) is 0 Å². The second-order valence-corrected chi connectivity index (χ2v) is 4.33. The van der Waals surface area contributed by atoms with Crippen molar-refractivity contribution in [1.82, 2.24) is 19.9 Å². The first kappa shape index (κ1) is 12.1.